The summed E-state index contributed by atoms with van der Waals surface area (Å²) in [6.07, 6.45) is 6.48. The number of carbonyl (C=O) groups is 1. The zero-order chi connectivity index (χ0) is 11.8. The zero-order valence-corrected chi connectivity index (χ0v) is 8.62. The number of azide groups is 1. The number of ether oxygens (including phenoxy) is 1. The van der Waals surface area contributed by atoms with Crippen LogP contribution in [0.25, 0.3) is 16.5 Å². The van der Waals surface area contributed by atoms with Crippen LogP contribution in [0.3, 0.4) is 0 Å². The number of hydrogen-bond acceptors (Lipinski definition) is 3. The number of methoxy groups -OCH3 is 1. The number of esters is 1. The van der Waals surface area contributed by atoms with E-state index in [1.54, 1.807) is 18.3 Å². The molecule has 0 fully saturated rings. The summed E-state index contributed by atoms with van der Waals surface area (Å²) in [5, 5.41) is 3.22. The van der Waals surface area contributed by atoms with Crippen molar-refractivity contribution in [2.45, 2.75) is 0 Å². The summed E-state index contributed by atoms with van der Waals surface area (Å²) in [4.78, 5) is 16.6. The highest BCUT2D eigenvalue weighted by atomic mass is 16.5. The lowest BCUT2D eigenvalue weighted by Gasteiger charge is -1.95. The van der Waals surface area contributed by atoms with E-state index in [-0.39, 0.29) is 5.70 Å². The van der Waals surface area contributed by atoms with Crippen molar-refractivity contribution in [1.82, 2.24) is 4.98 Å². The molecular formula is C10H10N4O2. The van der Waals surface area contributed by atoms with E-state index in [0.29, 0.717) is 0 Å². The molecule has 0 amide bonds. The Balaban J connectivity index is 2.79. The number of carbonyl (C=O) groups excluding carboxylic acids is 1. The Hall–Kier alpha value is -2.46. The van der Waals surface area contributed by atoms with Gasteiger partial charge in [-0.3, -0.25) is 0 Å². The fraction of sp³-hybridized carbons (Fsp3) is 0.100. The Labute approximate surface area is 91.9 Å². The summed E-state index contributed by atoms with van der Waals surface area (Å²) >= 11 is 0. The Morgan fingerprint density at radius 2 is 2.50 bits per heavy atom. The molecule has 0 unspecified atom stereocenters. The predicted molar refractivity (Wildman–Crippen MR) is 59.1 cm³/mol. The third-order valence-electron chi connectivity index (χ3n) is 1.70. The molecule has 0 atom stereocenters. The fourth-order valence-electron chi connectivity index (χ4n) is 0.986. The number of H-pyrrole nitrogens is 1. The summed E-state index contributed by atoms with van der Waals surface area (Å²) < 4.78 is 4.44. The van der Waals surface area contributed by atoms with Crippen LogP contribution in [0.2, 0.25) is 0 Å². The summed E-state index contributed by atoms with van der Waals surface area (Å²) in [5.41, 5.74) is 9.03. The maximum absolute atomic E-state index is 11.1. The smallest absolute Gasteiger partial charge is 0.340 e. The van der Waals surface area contributed by atoms with Crippen molar-refractivity contribution in [3.8, 4) is 0 Å². The van der Waals surface area contributed by atoms with Crippen LogP contribution in [0.4, 0.5) is 0 Å². The van der Waals surface area contributed by atoms with Gasteiger partial charge in [0.25, 0.3) is 0 Å². The molecule has 0 saturated carbocycles. The lowest BCUT2D eigenvalue weighted by molar-refractivity contribution is -0.136. The second-order valence-corrected chi connectivity index (χ2v) is 2.72. The normalized spacial score (nSPS) is 11.2. The molecule has 1 N–H and O–H groups in total. The summed E-state index contributed by atoms with van der Waals surface area (Å²) in [6, 6.07) is 3.70. The first-order valence-corrected chi connectivity index (χ1v) is 4.43. The van der Waals surface area contributed by atoms with Crippen LogP contribution < -0.4 is 0 Å². The van der Waals surface area contributed by atoms with Crippen molar-refractivity contribution in [2.75, 3.05) is 7.11 Å². The first kappa shape index (κ1) is 11.6. The van der Waals surface area contributed by atoms with Crippen LogP contribution in [0, 0.1) is 0 Å². The molecule has 0 radical (unpaired) electrons. The average molecular weight is 218 g/mol. The molecule has 0 aliphatic rings. The molecule has 6 nitrogen and oxygen atoms in total. The maximum atomic E-state index is 11.1. The fourth-order valence-corrected chi connectivity index (χ4v) is 0.986. The minimum absolute atomic E-state index is 0.0900. The standard InChI is InChI=1S/C10H10N4O2/c1-16-10(15)9(13-14-11)6-2-4-8-5-3-7-12-8/h2-7,12H,1H3/b4-2+,9-6-. The second-order valence-electron chi connectivity index (χ2n) is 2.72. The topological polar surface area (TPSA) is 90.9 Å². The van der Waals surface area contributed by atoms with Crippen molar-refractivity contribution in [3.63, 3.8) is 0 Å². The summed E-state index contributed by atoms with van der Waals surface area (Å²) in [5.74, 6) is -0.672. The monoisotopic (exact) mass is 218 g/mol. The van der Waals surface area contributed by atoms with Crippen LogP contribution in [0.1, 0.15) is 5.69 Å². The number of aromatic nitrogens is 1. The molecule has 16 heavy (non-hydrogen) atoms. The Morgan fingerprint density at radius 1 is 1.69 bits per heavy atom. The Kier molecular flexibility index (Phi) is 4.43. The van der Waals surface area contributed by atoms with Gasteiger partial charge in [-0.05, 0) is 29.8 Å². The quantitative estimate of drug-likeness (QED) is 0.210. The molecule has 0 aromatic carbocycles. The number of hydrogen-bond donors (Lipinski definition) is 1. The Bertz CT molecular complexity index is 453. The third kappa shape index (κ3) is 3.36. The minimum atomic E-state index is -0.672. The zero-order valence-electron chi connectivity index (χ0n) is 8.62. The van der Waals surface area contributed by atoms with E-state index in [1.807, 2.05) is 12.1 Å². The van der Waals surface area contributed by atoms with Crippen LogP contribution in [-0.4, -0.2) is 18.1 Å². The van der Waals surface area contributed by atoms with E-state index < -0.39 is 5.97 Å². The first-order chi connectivity index (χ1) is 7.77. The van der Waals surface area contributed by atoms with Gasteiger partial charge in [0.1, 0.15) is 5.70 Å². The highest BCUT2D eigenvalue weighted by molar-refractivity contribution is 5.88. The number of aromatic amines is 1. The molecule has 0 bridgehead atoms. The van der Waals surface area contributed by atoms with Gasteiger partial charge in [0, 0.05) is 16.8 Å². The van der Waals surface area contributed by atoms with Gasteiger partial charge in [-0.2, -0.15) is 0 Å². The van der Waals surface area contributed by atoms with Gasteiger partial charge in [-0.1, -0.05) is 11.2 Å². The van der Waals surface area contributed by atoms with Gasteiger partial charge in [-0.25, -0.2) is 4.79 Å². The number of nitrogens with one attached hydrogen (secondary N) is 1. The molecule has 6 heteroatoms. The molecule has 0 spiro atoms. The third-order valence-corrected chi connectivity index (χ3v) is 1.70. The molecule has 0 aliphatic carbocycles. The van der Waals surface area contributed by atoms with Gasteiger partial charge >= 0.3 is 5.97 Å². The maximum Gasteiger partial charge on any atom is 0.340 e. The summed E-state index contributed by atoms with van der Waals surface area (Å²) in [6.45, 7) is 0. The minimum Gasteiger partial charge on any atom is -0.466 e. The van der Waals surface area contributed by atoms with Crippen LogP contribution >= 0.6 is 0 Å². The number of nitrogens with zero attached hydrogens (tertiary/aromatic N) is 3. The molecule has 1 aromatic heterocycles. The average Bonchev–Trinajstić information content (AvgIpc) is 2.80. The highest BCUT2D eigenvalue weighted by Gasteiger charge is 2.04. The molecule has 1 rings (SSSR count). The molecule has 82 valence electrons. The molecular weight excluding hydrogens is 208 g/mol. The van der Waals surface area contributed by atoms with Gasteiger partial charge in [0.15, 0.2) is 0 Å². The lowest BCUT2D eigenvalue weighted by atomic mass is 10.3. The second kappa shape index (κ2) is 6.10. The Morgan fingerprint density at radius 3 is 3.06 bits per heavy atom. The van der Waals surface area contributed by atoms with Crippen molar-refractivity contribution in [2.24, 2.45) is 5.11 Å². The van der Waals surface area contributed by atoms with Gasteiger partial charge < -0.3 is 9.72 Å². The molecule has 1 aromatic rings. The SMILES string of the molecule is COC(=O)/C(=C/C=C/c1ccc[nH]1)N=[N+]=[N-]. The van der Waals surface area contributed by atoms with Crippen LogP contribution in [0.5, 0.6) is 0 Å². The molecule has 0 saturated heterocycles. The van der Waals surface area contributed by atoms with E-state index >= 15 is 0 Å². The predicted octanol–water partition coefficient (Wildman–Crippen LogP) is 2.40. The van der Waals surface area contributed by atoms with Gasteiger partial charge in [0.05, 0.1) is 7.11 Å². The largest absolute Gasteiger partial charge is 0.466 e. The summed E-state index contributed by atoms with van der Waals surface area (Å²) in [7, 11) is 1.22. The van der Waals surface area contributed by atoms with Gasteiger partial charge in [0.2, 0.25) is 0 Å². The van der Waals surface area contributed by atoms with Crippen molar-refractivity contribution < 1.29 is 9.53 Å². The highest BCUT2D eigenvalue weighted by Crippen LogP contribution is 2.03. The van der Waals surface area contributed by atoms with E-state index in [4.69, 9.17) is 5.53 Å². The molecule has 1 heterocycles. The number of rotatable bonds is 4. The number of allylic oxidation sites excluding steroid dienone is 2. The van der Waals surface area contributed by atoms with Crippen molar-refractivity contribution in [1.29, 1.82) is 0 Å². The lowest BCUT2D eigenvalue weighted by Crippen LogP contribution is -2.01. The van der Waals surface area contributed by atoms with Crippen LogP contribution in [-0.2, 0) is 9.53 Å². The first-order valence-electron chi connectivity index (χ1n) is 4.43. The van der Waals surface area contributed by atoms with Crippen molar-refractivity contribution >= 4 is 12.0 Å². The van der Waals surface area contributed by atoms with Crippen molar-refractivity contribution in [3.05, 3.63) is 52.3 Å². The van der Waals surface area contributed by atoms with E-state index in [0.717, 1.165) is 5.69 Å². The van der Waals surface area contributed by atoms with E-state index in [2.05, 4.69) is 19.7 Å². The van der Waals surface area contributed by atoms with E-state index in [1.165, 1.54) is 13.2 Å². The van der Waals surface area contributed by atoms with Gasteiger partial charge in [-0.15, -0.1) is 0 Å². The van der Waals surface area contributed by atoms with Crippen LogP contribution in [0.15, 0.2) is 41.3 Å². The van der Waals surface area contributed by atoms with E-state index in [9.17, 15) is 4.79 Å². The molecule has 0 aliphatic heterocycles.